The zero-order valence-electron chi connectivity index (χ0n) is 5.58. The molecule has 0 atom stereocenters. The first-order valence-electron chi connectivity index (χ1n) is 3.19. The molecular weight excluding hydrogens is 211 g/mol. The van der Waals surface area contributed by atoms with Crippen LogP contribution in [0.2, 0.25) is 0 Å². The molecule has 0 saturated carbocycles. The monoisotopic (exact) mass is 220 g/mol. The smallest absolute Gasteiger partial charge is 0.219 e. The number of thiocarbonyl (C=S) groups is 1. The third kappa shape index (κ3) is 4.53. The van der Waals surface area contributed by atoms with E-state index in [0.717, 1.165) is 16.7 Å². The SMILES string of the molecule is S=C1OCCCCCS1.[Ni]. The van der Waals surface area contributed by atoms with Crippen LogP contribution >= 0.6 is 24.0 Å². The summed E-state index contributed by atoms with van der Waals surface area (Å²) in [4.78, 5) is 0. The molecule has 0 spiro atoms. The van der Waals surface area contributed by atoms with Crippen LogP contribution < -0.4 is 0 Å². The first-order valence-corrected chi connectivity index (χ1v) is 4.58. The van der Waals surface area contributed by atoms with Gasteiger partial charge in [-0.25, -0.2) is 0 Å². The normalized spacial score (nSPS) is 19.8. The van der Waals surface area contributed by atoms with Crippen LogP contribution in [0.1, 0.15) is 19.3 Å². The summed E-state index contributed by atoms with van der Waals surface area (Å²) in [6, 6.07) is 0. The number of rotatable bonds is 0. The van der Waals surface area contributed by atoms with E-state index >= 15 is 0 Å². The second-order valence-corrected chi connectivity index (χ2v) is 3.70. The maximum Gasteiger partial charge on any atom is 0.219 e. The van der Waals surface area contributed by atoms with Crippen LogP contribution in [0.15, 0.2) is 0 Å². The summed E-state index contributed by atoms with van der Waals surface area (Å²) in [5.41, 5.74) is 0. The Morgan fingerprint density at radius 2 is 2.10 bits per heavy atom. The van der Waals surface area contributed by atoms with Crippen molar-refractivity contribution in [2.45, 2.75) is 19.3 Å². The van der Waals surface area contributed by atoms with Crippen molar-refractivity contribution < 1.29 is 21.2 Å². The summed E-state index contributed by atoms with van der Waals surface area (Å²) < 4.78 is 5.91. The molecule has 0 unspecified atom stereocenters. The third-order valence-corrected chi connectivity index (χ3v) is 2.55. The molecule has 4 heteroatoms. The Bertz CT molecular complexity index is 97.9. The fraction of sp³-hybridized carbons (Fsp3) is 0.833. The van der Waals surface area contributed by atoms with E-state index in [2.05, 4.69) is 0 Å². The second-order valence-electron chi connectivity index (χ2n) is 2.01. The van der Waals surface area contributed by atoms with Gasteiger partial charge in [0.05, 0.1) is 6.61 Å². The van der Waals surface area contributed by atoms with E-state index in [1.165, 1.54) is 19.3 Å². The van der Waals surface area contributed by atoms with E-state index in [1.807, 2.05) is 0 Å². The van der Waals surface area contributed by atoms with Gasteiger partial charge in [0, 0.05) is 22.2 Å². The largest absolute Gasteiger partial charge is 0.479 e. The first kappa shape index (κ1) is 10.7. The fourth-order valence-electron chi connectivity index (χ4n) is 0.734. The average molecular weight is 221 g/mol. The Labute approximate surface area is 81.2 Å². The van der Waals surface area contributed by atoms with Gasteiger partial charge < -0.3 is 4.74 Å². The summed E-state index contributed by atoms with van der Waals surface area (Å²) in [6.07, 6.45) is 3.74. The van der Waals surface area contributed by atoms with Gasteiger partial charge in [-0.2, -0.15) is 0 Å². The van der Waals surface area contributed by atoms with E-state index in [1.54, 1.807) is 11.8 Å². The predicted octanol–water partition coefficient (Wildman–Crippen LogP) is 2.20. The number of hydrogen-bond donors (Lipinski definition) is 0. The molecule has 0 amide bonds. The van der Waals surface area contributed by atoms with Crippen molar-refractivity contribution in [1.29, 1.82) is 0 Å². The van der Waals surface area contributed by atoms with Crippen LogP contribution in [0.3, 0.4) is 0 Å². The van der Waals surface area contributed by atoms with Crippen LogP contribution in [0, 0.1) is 0 Å². The molecular formula is C6H10NiOS2. The van der Waals surface area contributed by atoms with Gasteiger partial charge in [0.2, 0.25) is 4.38 Å². The van der Waals surface area contributed by atoms with Crippen molar-refractivity contribution in [3.63, 3.8) is 0 Å². The molecule has 0 N–H and O–H groups in total. The maximum absolute atomic E-state index is 5.18. The Kier molecular flexibility index (Phi) is 6.92. The molecule has 62 valence electrons. The zero-order valence-corrected chi connectivity index (χ0v) is 8.20. The van der Waals surface area contributed by atoms with E-state index in [9.17, 15) is 0 Å². The van der Waals surface area contributed by atoms with Crippen molar-refractivity contribution in [3.8, 4) is 0 Å². The van der Waals surface area contributed by atoms with Gasteiger partial charge in [-0.15, -0.1) is 0 Å². The van der Waals surface area contributed by atoms with Crippen LogP contribution in [0.4, 0.5) is 0 Å². The first-order chi connectivity index (χ1) is 4.39. The van der Waals surface area contributed by atoms with E-state index < -0.39 is 0 Å². The van der Waals surface area contributed by atoms with Crippen molar-refractivity contribution in [2.75, 3.05) is 12.4 Å². The van der Waals surface area contributed by atoms with Gasteiger partial charge in [0.1, 0.15) is 0 Å². The number of thioether (sulfide) groups is 1. The summed E-state index contributed by atoms with van der Waals surface area (Å²) in [5.74, 6) is 1.14. The molecule has 1 heterocycles. The molecule has 0 aromatic heterocycles. The molecule has 1 aliphatic heterocycles. The van der Waals surface area contributed by atoms with E-state index in [0.29, 0.717) is 0 Å². The Morgan fingerprint density at radius 1 is 1.30 bits per heavy atom. The second kappa shape index (κ2) is 6.44. The minimum atomic E-state index is 0. The van der Waals surface area contributed by atoms with Crippen molar-refractivity contribution >= 4 is 28.4 Å². The molecule has 0 aromatic carbocycles. The molecule has 10 heavy (non-hydrogen) atoms. The molecule has 1 nitrogen and oxygen atoms in total. The standard InChI is InChI=1S/C6H10OS2.Ni/c8-6-7-4-2-1-3-5-9-6;/h1-5H2;. The third-order valence-electron chi connectivity index (χ3n) is 1.23. The van der Waals surface area contributed by atoms with Crippen molar-refractivity contribution in [1.82, 2.24) is 0 Å². The molecule has 1 fully saturated rings. The van der Waals surface area contributed by atoms with Gasteiger partial charge in [-0.05, 0) is 31.5 Å². The van der Waals surface area contributed by atoms with Gasteiger partial charge in [-0.3, -0.25) is 0 Å². The summed E-state index contributed by atoms with van der Waals surface area (Å²) >= 11 is 6.55. The summed E-state index contributed by atoms with van der Waals surface area (Å²) in [5, 5.41) is 0. The molecule has 1 rings (SSSR count). The zero-order chi connectivity index (χ0) is 6.53. The van der Waals surface area contributed by atoms with Crippen LogP contribution in [0.5, 0.6) is 0 Å². The molecule has 0 radical (unpaired) electrons. The molecule has 1 saturated heterocycles. The van der Waals surface area contributed by atoms with Gasteiger partial charge in [0.25, 0.3) is 0 Å². The Hall–Kier alpha value is 0.734. The van der Waals surface area contributed by atoms with E-state index in [4.69, 9.17) is 17.0 Å². The minimum Gasteiger partial charge on any atom is -0.479 e. The number of ether oxygens (including phenoxy) is 1. The maximum atomic E-state index is 5.18. The predicted molar refractivity (Wildman–Crippen MR) is 44.9 cm³/mol. The van der Waals surface area contributed by atoms with Crippen LogP contribution in [-0.4, -0.2) is 16.7 Å². The average Bonchev–Trinajstić information content (AvgIpc) is 1.79. The van der Waals surface area contributed by atoms with Crippen molar-refractivity contribution in [2.24, 2.45) is 0 Å². The van der Waals surface area contributed by atoms with Crippen LogP contribution in [-0.2, 0) is 21.2 Å². The fourth-order valence-corrected chi connectivity index (χ4v) is 1.75. The minimum absolute atomic E-state index is 0. The molecule has 0 aromatic rings. The number of hydrogen-bond acceptors (Lipinski definition) is 3. The van der Waals surface area contributed by atoms with Crippen LogP contribution in [0.25, 0.3) is 0 Å². The summed E-state index contributed by atoms with van der Waals surface area (Å²) in [7, 11) is 0. The molecule has 0 aliphatic carbocycles. The van der Waals surface area contributed by atoms with Gasteiger partial charge in [0.15, 0.2) is 0 Å². The molecule has 1 aliphatic rings. The topological polar surface area (TPSA) is 9.23 Å². The Balaban J connectivity index is 0.000000810. The Morgan fingerprint density at radius 3 is 2.90 bits per heavy atom. The molecule has 0 bridgehead atoms. The van der Waals surface area contributed by atoms with Gasteiger partial charge >= 0.3 is 0 Å². The van der Waals surface area contributed by atoms with E-state index in [-0.39, 0.29) is 16.5 Å². The summed E-state index contributed by atoms with van der Waals surface area (Å²) in [6.45, 7) is 0.825. The quantitative estimate of drug-likeness (QED) is 0.458. The van der Waals surface area contributed by atoms with Gasteiger partial charge in [-0.1, -0.05) is 11.8 Å². The van der Waals surface area contributed by atoms with Crippen molar-refractivity contribution in [3.05, 3.63) is 0 Å².